The number of carbonyl (C=O) groups is 1. The van der Waals surface area contributed by atoms with Crippen LogP contribution in [-0.2, 0) is 0 Å². The number of nitriles is 1. The highest BCUT2D eigenvalue weighted by Gasteiger charge is 2.18. The molecule has 136 valence electrons. The summed E-state index contributed by atoms with van der Waals surface area (Å²) in [6, 6.07) is 7.70. The summed E-state index contributed by atoms with van der Waals surface area (Å²) in [5.41, 5.74) is 1.96. The van der Waals surface area contributed by atoms with Crippen molar-refractivity contribution >= 4 is 5.91 Å². The summed E-state index contributed by atoms with van der Waals surface area (Å²) in [5.74, 6) is -1.76. The van der Waals surface area contributed by atoms with E-state index in [1.165, 1.54) is 35.3 Å². The van der Waals surface area contributed by atoms with E-state index in [-0.39, 0.29) is 17.3 Å². The van der Waals surface area contributed by atoms with Crippen molar-refractivity contribution < 1.29 is 13.6 Å². The van der Waals surface area contributed by atoms with Gasteiger partial charge in [-0.3, -0.25) is 4.79 Å². The van der Waals surface area contributed by atoms with Crippen molar-refractivity contribution in [3.05, 3.63) is 76.9 Å². The van der Waals surface area contributed by atoms with Gasteiger partial charge in [-0.05, 0) is 38.1 Å². The molecule has 0 spiro atoms. The first-order valence-electron chi connectivity index (χ1n) is 8.07. The second kappa shape index (κ2) is 7.33. The smallest absolute Gasteiger partial charge is 0.253 e. The molecule has 1 N–H and O–H groups in total. The van der Waals surface area contributed by atoms with Crippen LogP contribution in [0.3, 0.4) is 0 Å². The van der Waals surface area contributed by atoms with E-state index in [2.05, 4.69) is 15.4 Å². The maximum atomic E-state index is 14.0. The Balaban J connectivity index is 1.81. The first-order valence-corrected chi connectivity index (χ1v) is 8.07. The molecule has 3 rings (SSSR count). The summed E-state index contributed by atoms with van der Waals surface area (Å²) in [4.78, 5) is 16.2. The molecule has 0 aliphatic rings. The molecule has 0 aliphatic heterocycles. The van der Waals surface area contributed by atoms with Gasteiger partial charge in [-0.2, -0.15) is 10.4 Å². The second-order valence-electron chi connectivity index (χ2n) is 5.93. The SMILES string of the molecule is Cc1c(C(C)NC(=O)c2ccc(C#N)nc2)cnn1-c1ccc(F)cc1F. The van der Waals surface area contributed by atoms with E-state index in [9.17, 15) is 13.6 Å². The molecule has 27 heavy (non-hydrogen) atoms. The lowest BCUT2D eigenvalue weighted by Gasteiger charge is -2.14. The molecule has 0 saturated carbocycles. The van der Waals surface area contributed by atoms with Gasteiger partial charge in [0.15, 0.2) is 5.82 Å². The third-order valence-corrected chi connectivity index (χ3v) is 4.14. The lowest BCUT2D eigenvalue weighted by molar-refractivity contribution is 0.0939. The Hall–Kier alpha value is -3.60. The number of halogens is 2. The van der Waals surface area contributed by atoms with Gasteiger partial charge in [0.2, 0.25) is 0 Å². The zero-order chi connectivity index (χ0) is 19.6. The molecule has 0 radical (unpaired) electrons. The summed E-state index contributed by atoms with van der Waals surface area (Å²) < 4.78 is 28.5. The molecule has 1 unspecified atom stereocenters. The fourth-order valence-corrected chi connectivity index (χ4v) is 2.70. The lowest BCUT2D eigenvalue weighted by Crippen LogP contribution is -2.27. The number of hydrogen-bond acceptors (Lipinski definition) is 4. The van der Waals surface area contributed by atoms with E-state index >= 15 is 0 Å². The molecule has 1 aromatic carbocycles. The molecule has 2 heterocycles. The van der Waals surface area contributed by atoms with Crippen molar-refractivity contribution in [1.82, 2.24) is 20.1 Å². The quantitative estimate of drug-likeness (QED) is 0.767. The van der Waals surface area contributed by atoms with E-state index in [4.69, 9.17) is 5.26 Å². The first kappa shape index (κ1) is 18.2. The summed E-state index contributed by atoms with van der Waals surface area (Å²) in [6.45, 7) is 3.50. The standard InChI is InChI=1S/C19H15F2N5O/c1-11(25-19(27)13-3-5-15(8-22)23-9-13)16-10-24-26(12(16)2)18-6-4-14(20)7-17(18)21/h3-7,9-11H,1-2H3,(H,25,27). The van der Waals surface area contributed by atoms with Crippen molar-refractivity contribution in [2.24, 2.45) is 0 Å². The molecule has 6 nitrogen and oxygen atoms in total. The minimum absolute atomic E-state index is 0.120. The van der Waals surface area contributed by atoms with Crippen molar-refractivity contribution in [2.45, 2.75) is 19.9 Å². The van der Waals surface area contributed by atoms with Crippen LogP contribution in [0.4, 0.5) is 8.78 Å². The van der Waals surface area contributed by atoms with Gasteiger partial charge in [-0.1, -0.05) is 0 Å². The number of pyridine rings is 1. The van der Waals surface area contributed by atoms with Gasteiger partial charge in [-0.15, -0.1) is 0 Å². The molecule has 1 amide bonds. The summed E-state index contributed by atoms with van der Waals surface area (Å²) in [6.07, 6.45) is 2.85. The van der Waals surface area contributed by atoms with Gasteiger partial charge in [0, 0.05) is 23.5 Å². The number of rotatable bonds is 4. The van der Waals surface area contributed by atoms with Crippen molar-refractivity contribution in [3.63, 3.8) is 0 Å². The van der Waals surface area contributed by atoms with Crippen LogP contribution in [0.5, 0.6) is 0 Å². The zero-order valence-electron chi connectivity index (χ0n) is 14.6. The Labute approximate surface area is 154 Å². The molecule has 0 saturated heterocycles. The van der Waals surface area contributed by atoms with E-state index in [0.29, 0.717) is 16.8 Å². The van der Waals surface area contributed by atoms with Gasteiger partial charge < -0.3 is 5.32 Å². The monoisotopic (exact) mass is 367 g/mol. The topological polar surface area (TPSA) is 83.6 Å². The van der Waals surface area contributed by atoms with Crippen LogP contribution in [0, 0.1) is 29.9 Å². The fourth-order valence-electron chi connectivity index (χ4n) is 2.70. The van der Waals surface area contributed by atoms with Crippen molar-refractivity contribution in [3.8, 4) is 11.8 Å². The molecule has 0 bridgehead atoms. The Morgan fingerprint density at radius 1 is 1.26 bits per heavy atom. The van der Waals surface area contributed by atoms with Crippen LogP contribution < -0.4 is 5.32 Å². The number of nitrogens with one attached hydrogen (secondary N) is 1. The van der Waals surface area contributed by atoms with Gasteiger partial charge in [0.1, 0.15) is 23.3 Å². The Morgan fingerprint density at radius 2 is 2.04 bits per heavy atom. The average Bonchev–Trinajstić information content (AvgIpc) is 3.03. The highest BCUT2D eigenvalue weighted by Crippen LogP contribution is 2.22. The minimum atomic E-state index is -0.729. The maximum absolute atomic E-state index is 14.0. The Bertz CT molecular complexity index is 1040. The molecule has 2 aromatic heterocycles. The molecular weight excluding hydrogens is 352 g/mol. The highest BCUT2D eigenvalue weighted by atomic mass is 19.1. The molecular formula is C19H15F2N5O. The van der Waals surface area contributed by atoms with E-state index < -0.39 is 17.7 Å². The molecule has 0 fully saturated rings. The number of amides is 1. The maximum Gasteiger partial charge on any atom is 0.253 e. The highest BCUT2D eigenvalue weighted by molar-refractivity contribution is 5.94. The van der Waals surface area contributed by atoms with Crippen molar-refractivity contribution in [1.29, 1.82) is 5.26 Å². The third-order valence-electron chi connectivity index (χ3n) is 4.14. The normalized spacial score (nSPS) is 11.7. The van der Waals surface area contributed by atoms with E-state index in [0.717, 1.165) is 12.1 Å². The van der Waals surface area contributed by atoms with E-state index in [1.807, 2.05) is 6.07 Å². The fraction of sp³-hybridized carbons (Fsp3) is 0.158. The predicted octanol–water partition coefficient (Wildman–Crippen LogP) is 3.22. The van der Waals surface area contributed by atoms with Gasteiger partial charge in [0.25, 0.3) is 5.91 Å². The molecule has 0 aliphatic carbocycles. The molecule has 3 aromatic rings. The molecule has 8 heteroatoms. The van der Waals surface area contributed by atoms with E-state index in [1.54, 1.807) is 13.8 Å². The summed E-state index contributed by atoms with van der Waals surface area (Å²) in [7, 11) is 0. The second-order valence-corrected chi connectivity index (χ2v) is 5.93. The van der Waals surface area contributed by atoms with Gasteiger partial charge >= 0.3 is 0 Å². The van der Waals surface area contributed by atoms with Crippen LogP contribution in [0.15, 0.2) is 42.7 Å². The Kier molecular flexibility index (Phi) is 4.94. The largest absolute Gasteiger partial charge is 0.345 e. The van der Waals surface area contributed by atoms with Crippen LogP contribution in [-0.4, -0.2) is 20.7 Å². The number of hydrogen-bond donors (Lipinski definition) is 1. The average molecular weight is 367 g/mol. The predicted molar refractivity (Wildman–Crippen MR) is 93.1 cm³/mol. The first-order chi connectivity index (χ1) is 12.9. The number of benzene rings is 1. The number of aromatic nitrogens is 3. The van der Waals surface area contributed by atoms with Crippen LogP contribution >= 0.6 is 0 Å². The summed E-state index contributed by atoms with van der Waals surface area (Å²) in [5, 5.41) is 15.7. The number of nitrogens with zero attached hydrogens (tertiary/aromatic N) is 4. The van der Waals surface area contributed by atoms with Crippen molar-refractivity contribution in [2.75, 3.05) is 0 Å². The minimum Gasteiger partial charge on any atom is -0.345 e. The lowest BCUT2D eigenvalue weighted by atomic mass is 10.1. The summed E-state index contributed by atoms with van der Waals surface area (Å²) >= 11 is 0. The zero-order valence-corrected chi connectivity index (χ0v) is 14.6. The number of carbonyl (C=O) groups excluding carboxylic acids is 1. The van der Waals surface area contributed by atoms with Gasteiger partial charge in [-0.25, -0.2) is 18.4 Å². The van der Waals surface area contributed by atoms with Crippen LogP contribution in [0.1, 0.15) is 40.3 Å². The third kappa shape index (κ3) is 3.67. The van der Waals surface area contributed by atoms with Crippen LogP contribution in [0.25, 0.3) is 5.69 Å². The molecule has 1 atom stereocenters. The van der Waals surface area contributed by atoms with Gasteiger partial charge in [0.05, 0.1) is 17.8 Å². The van der Waals surface area contributed by atoms with Crippen LogP contribution in [0.2, 0.25) is 0 Å². The Morgan fingerprint density at radius 3 is 2.67 bits per heavy atom.